The molecule has 0 radical (unpaired) electrons. The molecule has 348 valence electrons. The molecule has 4 nitrogen and oxygen atoms in total. The highest BCUT2D eigenvalue weighted by molar-refractivity contribution is 5.98. The minimum absolute atomic E-state index is 0.0319. The molecule has 69 heavy (non-hydrogen) atoms. The summed E-state index contributed by atoms with van der Waals surface area (Å²) in [6, 6.07) is 32.6. The average Bonchev–Trinajstić information content (AvgIpc) is 0.891. The zero-order valence-corrected chi connectivity index (χ0v) is 40.8. The molecule has 9 aromatic rings. The number of phenols is 1. The van der Waals surface area contributed by atoms with E-state index in [0.717, 1.165) is 63.3 Å². The molecule has 0 atom stereocenters. The third kappa shape index (κ3) is 9.06. The summed E-state index contributed by atoms with van der Waals surface area (Å²) in [5.41, 5.74) is 3.76. The smallest absolute Gasteiger partial charge is 0.149 e. The zero-order chi connectivity index (χ0) is 62.8. The van der Waals surface area contributed by atoms with Crippen LogP contribution in [0.15, 0.2) is 164 Å². The number of pyridine rings is 1. The minimum atomic E-state index is -3.55. The van der Waals surface area contributed by atoms with Gasteiger partial charge in [-0.1, -0.05) is 185 Å². The monoisotopic (exact) mass is 922 g/mol. The Morgan fingerprint density at radius 2 is 1.20 bits per heavy atom. The first-order chi connectivity index (χ1) is 39.3. The van der Waals surface area contributed by atoms with E-state index in [1.807, 2.05) is 101 Å². The number of aromatic hydroxyl groups is 1. The number of para-hydroxylation sites is 1. The molecule has 2 heterocycles. The van der Waals surface area contributed by atoms with E-state index in [0.29, 0.717) is 39.2 Å². The Bertz CT molecular complexity index is 4060. The second-order valence-corrected chi connectivity index (χ2v) is 20.7. The van der Waals surface area contributed by atoms with Gasteiger partial charge in [-0.05, 0) is 145 Å². The van der Waals surface area contributed by atoms with Crippen LogP contribution < -0.4 is 0 Å². The van der Waals surface area contributed by atoms with Crippen molar-refractivity contribution in [3.8, 4) is 78.6 Å². The van der Waals surface area contributed by atoms with E-state index in [1.54, 1.807) is 0 Å². The van der Waals surface area contributed by atoms with Crippen LogP contribution in [0.25, 0.3) is 83.9 Å². The summed E-state index contributed by atoms with van der Waals surface area (Å²) >= 11 is 0. The fourth-order valence-electron chi connectivity index (χ4n) is 8.69. The summed E-state index contributed by atoms with van der Waals surface area (Å²) in [4.78, 5) is 9.98. The van der Waals surface area contributed by atoms with Crippen LogP contribution in [0.3, 0.4) is 0 Å². The third-order valence-corrected chi connectivity index (χ3v) is 13.7. The van der Waals surface area contributed by atoms with Crippen molar-refractivity contribution < 1.29 is 27.0 Å². The molecule has 0 unspecified atom stereocenters. The highest BCUT2D eigenvalue weighted by Gasteiger charge is 2.35. The summed E-state index contributed by atoms with van der Waals surface area (Å²) in [5, 5.41) is 12.0. The Hall–Kier alpha value is -7.04. The van der Waals surface area contributed by atoms with E-state index in [2.05, 4.69) is 74.5 Å². The Kier molecular flexibility index (Phi) is 7.90. The van der Waals surface area contributed by atoms with Crippen molar-refractivity contribution in [2.75, 3.05) is 0 Å². The second-order valence-electron chi connectivity index (χ2n) is 20.7. The van der Waals surface area contributed by atoms with Gasteiger partial charge in [-0.25, -0.2) is 4.98 Å². The molecule has 0 aliphatic carbocycles. The van der Waals surface area contributed by atoms with Gasteiger partial charge in [0, 0.05) is 35.2 Å². The lowest BCUT2D eigenvalue weighted by Gasteiger charge is -2.40. The van der Waals surface area contributed by atoms with Crippen LogP contribution >= 0.6 is 0 Å². The molecule has 0 saturated heterocycles. The summed E-state index contributed by atoms with van der Waals surface area (Å²) in [5.74, 6) is 0.570. The minimum Gasteiger partial charge on any atom is -0.507 e. The summed E-state index contributed by atoms with van der Waals surface area (Å²) in [7, 11) is 0. The number of hydrogen-bond acceptors (Lipinski definition) is 3. The predicted molar refractivity (Wildman–Crippen MR) is 293 cm³/mol. The van der Waals surface area contributed by atoms with Gasteiger partial charge in [0.1, 0.15) is 11.6 Å². The van der Waals surface area contributed by atoms with Crippen LogP contribution in [-0.4, -0.2) is 19.6 Å². The molecule has 9 rings (SSSR count). The fraction of sp³-hybridized carbons (Fsp3) is 0.262. The number of benzene rings is 7. The van der Waals surface area contributed by atoms with Crippen LogP contribution in [0, 0.1) is 19.3 Å². The van der Waals surface area contributed by atoms with Gasteiger partial charge < -0.3 is 5.11 Å². The Labute approximate surface area is 433 Å². The lowest BCUT2D eigenvalue weighted by atomic mass is 9.65. The van der Waals surface area contributed by atoms with Crippen molar-refractivity contribution in [3.05, 3.63) is 192 Å². The van der Waals surface area contributed by atoms with E-state index >= 15 is 0 Å². The molecule has 0 aliphatic heterocycles. The number of nitrogens with zero attached hydrogens (tertiary/aromatic N) is 3. The standard InChI is InChI=1S/C65H67N3O/c1-41-34-42(2)60(69)55(35-41)61-67-59-53(20-17-21-58(59)68(61)57-31-30-51(65(12,13)64(9,10)11)40-54(57)46-18-15-14-16-19-46)48-36-49(38-52(37-48)63(6,7)8)56-39-47(32-33-66-56)45-24-22-43(23-25-45)44-26-28-50(29-27-44)62(3,4)5/h14-40,69H,1-13H3/i3D3,4D3,5D3,22D,23D,24D,25D,32D,33D,39D. The second kappa shape index (κ2) is 17.5. The van der Waals surface area contributed by atoms with Crippen LogP contribution in [-0.2, 0) is 16.2 Å². The predicted octanol–water partition coefficient (Wildman–Crippen LogP) is 17.7. The lowest BCUT2D eigenvalue weighted by Crippen LogP contribution is -2.34. The fourth-order valence-corrected chi connectivity index (χ4v) is 8.69. The quantitative estimate of drug-likeness (QED) is 0.165. The molecule has 0 fully saturated rings. The molecule has 0 spiro atoms. The zero-order valence-electron chi connectivity index (χ0n) is 56.8. The van der Waals surface area contributed by atoms with E-state index in [4.69, 9.17) is 20.1 Å². The van der Waals surface area contributed by atoms with Crippen molar-refractivity contribution in [1.82, 2.24) is 14.5 Å². The third-order valence-electron chi connectivity index (χ3n) is 13.7. The van der Waals surface area contributed by atoms with Gasteiger partial charge in [-0.2, -0.15) is 0 Å². The topological polar surface area (TPSA) is 50.9 Å². The molecule has 0 saturated carbocycles. The molecule has 4 heteroatoms. The largest absolute Gasteiger partial charge is 0.507 e. The van der Waals surface area contributed by atoms with Gasteiger partial charge in [0.25, 0.3) is 0 Å². The van der Waals surface area contributed by atoms with Gasteiger partial charge >= 0.3 is 0 Å². The number of imidazole rings is 1. The van der Waals surface area contributed by atoms with Crippen molar-refractivity contribution in [3.63, 3.8) is 0 Å². The first-order valence-corrected chi connectivity index (χ1v) is 23.1. The summed E-state index contributed by atoms with van der Waals surface area (Å²) in [6.45, 7) is 10.5. The number of phenolic OH excluding ortho intramolecular Hbond substituents is 1. The summed E-state index contributed by atoms with van der Waals surface area (Å²) in [6.07, 6.45) is -0.605. The van der Waals surface area contributed by atoms with Crippen LogP contribution in [0.5, 0.6) is 5.75 Å². The van der Waals surface area contributed by atoms with E-state index < -0.39 is 84.9 Å². The highest BCUT2D eigenvalue weighted by Crippen LogP contribution is 2.46. The SMILES string of the molecule is [2H]c1nc(-c2cc(-c3cccc4c3nc(-c3cc(C)cc(C)c3O)n4-c3ccc(C(C)(C)C(C)(C)C)cc3-c3ccccc3)cc(C(C)(C)C)c2)c([2H])c(-c2c([2H])c([2H])c(-c3ccc(C(C([2H])([2H])[2H])(C([2H])([2H])[2H])C([2H])([2H])[2H])cc3)c([2H])c2[2H])c1[2H]. The van der Waals surface area contributed by atoms with Gasteiger partial charge in [0.2, 0.25) is 0 Å². The number of hydrogen-bond donors (Lipinski definition) is 1. The van der Waals surface area contributed by atoms with E-state index in [-0.39, 0.29) is 39.0 Å². The average molecular weight is 922 g/mol. The molecule has 7 aromatic carbocycles. The Morgan fingerprint density at radius 3 is 1.87 bits per heavy atom. The number of fused-ring (bicyclic) bond motifs is 1. The number of aromatic nitrogens is 3. The Balaban J connectivity index is 1.26. The van der Waals surface area contributed by atoms with Crippen LogP contribution in [0.1, 0.15) is 126 Å². The van der Waals surface area contributed by atoms with E-state index in [9.17, 15) is 12.0 Å². The molecule has 1 N–H and O–H groups in total. The molecule has 0 amide bonds. The molecule has 0 aliphatic rings. The molecule has 2 aromatic heterocycles. The van der Waals surface area contributed by atoms with Gasteiger partial charge in [-0.15, -0.1) is 0 Å². The normalized spacial score (nSPS) is 16.4. The van der Waals surface area contributed by atoms with Crippen LogP contribution in [0.4, 0.5) is 0 Å². The van der Waals surface area contributed by atoms with E-state index in [1.165, 1.54) is 0 Å². The highest BCUT2D eigenvalue weighted by atomic mass is 16.3. The number of aryl methyl sites for hydroxylation is 2. The van der Waals surface area contributed by atoms with Gasteiger partial charge in [0.15, 0.2) is 0 Å². The van der Waals surface area contributed by atoms with Crippen molar-refractivity contribution >= 4 is 11.0 Å². The van der Waals surface area contributed by atoms with Gasteiger partial charge in [-0.3, -0.25) is 9.55 Å². The van der Waals surface area contributed by atoms with Crippen molar-refractivity contribution in [2.45, 2.75) is 106 Å². The maximum absolute atomic E-state index is 12.0. The van der Waals surface area contributed by atoms with Crippen molar-refractivity contribution in [2.24, 2.45) is 5.41 Å². The lowest BCUT2D eigenvalue weighted by molar-refractivity contribution is 0.225. The van der Waals surface area contributed by atoms with Crippen LogP contribution in [0.2, 0.25) is 0 Å². The molecular formula is C65H67N3O. The van der Waals surface area contributed by atoms with Crippen molar-refractivity contribution in [1.29, 1.82) is 0 Å². The maximum atomic E-state index is 12.0. The number of rotatable bonds is 8. The van der Waals surface area contributed by atoms with Gasteiger partial charge in [0.05, 0.1) is 37.6 Å². The first-order valence-electron chi connectivity index (χ1n) is 31.1. The summed E-state index contributed by atoms with van der Waals surface area (Å²) < 4.78 is 141. The Morgan fingerprint density at radius 1 is 0.536 bits per heavy atom. The molecular weight excluding hydrogens is 839 g/mol. The molecule has 0 bridgehead atoms. The first kappa shape index (κ1) is 31.2. The maximum Gasteiger partial charge on any atom is 0.149 e.